The molecule has 3 nitrogen and oxygen atoms in total. The van der Waals surface area contributed by atoms with Gasteiger partial charge in [0.2, 0.25) is 0 Å². The average Bonchev–Trinajstić information content (AvgIpc) is 2.86. The minimum absolute atomic E-state index is 0.628. The van der Waals surface area contributed by atoms with Crippen molar-refractivity contribution in [1.29, 1.82) is 5.26 Å². The molecule has 0 aliphatic rings. The summed E-state index contributed by atoms with van der Waals surface area (Å²) in [6, 6.07) is 13.8. The maximum atomic E-state index is 8.89. The Morgan fingerprint density at radius 2 is 1.95 bits per heavy atom. The normalized spacial score (nSPS) is 10.3. The van der Waals surface area contributed by atoms with E-state index in [4.69, 9.17) is 5.26 Å². The molecule has 5 heteroatoms. The largest absolute Gasteiger partial charge is 0.355 e. The Hall–Kier alpha value is -1.90. The van der Waals surface area contributed by atoms with Crippen LogP contribution >= 0.6 is 27.3 Å². The van der Waals surface area contributed by atoms with Crippen molar-refractivity contribution < 1.29 is 0 Å². The summed E-state index contributed by atoms with van der Waals surface area (Å²) in [5.41, 5.74) is 5.43. The lowest BCUT2D eigenvalue weighted by Gasteiger charge is -2.07. The molecule has 0 unspecified atom stereocenters. The molecular formula is C14H8BrN3S. The first-order valence-electron chi connectivity index (χ1n) is 5.56. The average molecular weight is 330 g/mol. The van der Waals surface area contributed by atoms with E-state index in [1.54, 1.807) is 17.4 Å². The zero-order valence-corrected chi connectivity index (χ0v) is 12.1. The third kappa shape index (κ3) is 2.46. The molecule has 0 fully saturated rings. The summed E-state index contributed by atoms with van der Waals surface area (Å²) in [5, 5.41) is 12.2. The monoisotopic (exact) mass is 329 g/mol. The van der Waals surface area contributed by atoms with Gasteiger partial charge in [-0.05, 0) is 52.3 Å². The topological polar surface area (TPSA) is 48.7 Å². The Bertz CT molecular complexity index is 789. The molecule has 1 N–H and O–H groups in total. The number of fused-ring (bicyclic) bond motifs is 1. The molecule has 0 saturated carbocycles. The number of nitrogens with zero attached hydrogens (tertiary/aromatic N) is 2. The number of halogens is 1. The summed E-state index contributed by atoms with van der Waals surface area (Å²) in [6.07, 6.45) is 0. The Morgan fingerprint density at radius 1 is 1.16 bits per heavy atom. The van der Waals surface area contributed by atoms with E-state index in [1.165, 1.54) is 0 Å². The third-order valence-corrected chi connectivity index (χ3v) is 4.16. The van der Waals surface area contributed by atoms with Gasteiger partial charge in [-0.1, -0.05) is 0 Å². The van der Waals surface area contributed by atoms with Crippen LogP contribution in [-0.2, 0) is 0 Å². The minimum Gasteiger partial charge on any atom is -0.355 e. The van der Waals surface area contributed by atoms with Crippen LogP contribution in [0.2, 0.25) is 0 Å². The molecule has 0 aliphatic carbocycles. The van der Waals surface area contributed by atoms with Crippen molar-refractivity contribution in [3.8, 4) is 6.07 Å². The molecule has 3 rings (SSSR count). The van der Waals surface area contributed by atoms with Gasteiger partial charge in [0.1, 0.15) is 6.07 Å². The fourth-order valence-corrected chi connectivity index (χ4v) is 2.97. The first-order valence-corrected chi connectivity index (χ1v) is 7.23. The number of hydrogen-bond acceptors (Lipinski definition) is 4. The fourth-order valence-electron chi connectivity index (χ4n) is 1.78. The molecule has 1 heterocycles. The molecule has 2 aromatic carbocycles. The fraction of sp³-hybridized carbons (Fsp3) is 0. The highest BCUT2D eigenvalue weighted by molar-refractivity contribution is 9.10. The zero-order valence-electron chi connectivity index (χ0n) is 9.72. The SMILES string of the molecule is N#Cc1ccc(Nc2ccc3ncsc3c2)cc1Br. The van der Waals surface area contributed by atoms with Crippen LogP contribution in [-0.4, -0.2) is 4.98 Å². The van der Waals surface area contributed by atoms with Crippen molar-refractivity contribution in [2.45, 2.75) is 0 Å². The second-order valence-corrected chi connectivity index (χ2v) is 5.71. The van der Waals surface area contributed by atoms with Gasteiger partial charge in [-0.15, -0.1) is 11.3 Å². The van der Waals surface area contributed by atoms with E-state index < -0.39 is 0 Å². The predicted octanol–water partition coefficient (Wildman–Crippen LogP) is 4.67. The van der Waals surface area contributed by atoms with Gasteiger partial charge in [0.25, 0.3) is 0 Å². The van der Waals surface area contributed by atoms with Crippen molar-refractivity contribution >= 4 is 48.9 Å². The van der Waals surface area contributed by atoms with Crippen LogP contribution in [0.25, 0.3) is 10.2 Å². The van der Waals surface area contributed by atoms with Gasteiger partial charge >= 0.3 is 0 Å². The Balaban J connectivity index is 1.92. The second-order valence-electron chi connectivity index (χ2n) is 3.97. The van der Waals surface area contributed by atoms with E-state index in [1.807, 2.05) is 29.8 Å². The van der Waals surface area contributed by atoms with Crippen LogP contribution in [0, 0.1) is 11.3 Å². The van der Waals surface area contributed by atoms with Crippen molar-refractivity contribution in [2.24, 2.45) is 0 Å². The summed E-state index contributed by atoms with van der Waals surface area (Å²) in [5.74, 6) is 0. The summed E-state index contributed by atoms with van der Waals surface area (Å²) >= 11 is 5.00. The van der Waals surface area contributed by atoms with Gasteiger partial charge in [0.05, 0.1) is 21.3 Å². The number of nitrogens with one attached hydrogen (secondary N) is 1. The molecule has 3 aromatic rings. The van der Waals surface area contributed by atoms with Crippen LogP contribution < -0.4 is 5.32 Å². The number of benzene rings is 2. The lowest BCUT2D eigenvalue weighted by Crippen LogP contribution is -1.90. The van der Waals surface area contributed by atoms with Crippen LogP contribution in [0.4, 0.5) is 11.4 Å². The number of anilines is 2. The molecular weight excluding hydrogens is 322 g/mol. The van der Waals surface area contributed by atoms with E-state index in [0.29, 0.717) is 5.56 Å². The Kier molecular flexibility index (Phi) is 3.20. The standard InChI is InChI=1S/C14H8BrN3S/c15-12-5-10(2-1-9(12)7-16)18-11-3-4-13-14(6-11)19-8-17-13/h1-6,8,18H. The van der Waals surface area contributed by atoms with Crippen LogP contribution in [0.3, 0.4) is 0 Å². The number of thiazole rings is 1. The third-order valence-electron chi connectivity index (χ3n) is 2.71. The van der Waals surface area contributed by atoms with Gasteiger partial charge in [0, 0.05) is 15.8 Å². The first kappa shape index (κ1) is 12.2. The van der Waals surface area contributed by atoms with E-state index in [-0.39, 0.29) is 0 Å². The molecule has 0 saturated heterocycles. The van der Waals surface area contributed by atoms with Gasteiger partial charge in [-0.3, -0.25) is 0 Å². The molecule has 0 spiro atoms. The van der Waals surface area contributed by atoms with E-state index in [0.717, 1.165) is 26.1 Å². The molecule has 0 aliphatic heterocycles. The van der Waals surface area contributed by atoms with Crippen LogP contribution in [0.5, 0.6) is 0 Å². The maximum absolute atomic E-state index is 8.89. The predicted molar refractivity (Wildman–Crippen MR) is 81.8 cm³/mol. The van der Waals surface area contributed by atoms with Crippen LogP contribution in [0.15, 0.2) is 46.4 Å². The molecule has 0 radical (unpaired) electrons. The van der Waals surface area contributed by atoms with E-state index in [2.05, 4.69) is 38.4 Å². The summed E-state index contributed by atoms with van der Waals surface area (Å²) in [4.78, 5) is 4.25. The highest BCUT2D eigenvalue weighted by Crippen LogP contribution is 2.26. The summed E-state index contributed by atoms with van der Waals surface area (Å²) in [6.45, 7) is 0. The summed E-state index contributed by atoms with van der Waals surface area (Å²) < 4.78 is 1.94. The van der Waals surface area contributed by atoms with Gasteiger partial charge in [-0.2, -0.15) is 5.26 Å². The first-order chi connectivity index (χ1) is 9.26. The molecule has 0 atom stereocenters. The highest BCUT2D eigenvalue weighted by Gasteiger charge is 2.02. The van der Waals surface area contributed by atoms with Crippen molar-refractivity contribution in [3.63, 3.8) is 0 Å². The minimum atomic E-state index is 0.628. The molecule has 19 heavy (non-hydrogen) atoms. The Morgan fingerprint density at radius 3 is 2.74 bits per heavy atom. The number of nitriles is 1. The van der Waals surface area contributed by atoms with Crippen molar-refractivity contribution in [1.82, 2.24) is 4.98 Å². The van der Waals surface area contributed by atoms with E-state index >= 15 is 0 Å². The zero-order chi connectivity index (χ0) is 13.2. The van der Waals surface area contributed by atoms with Crippen molar-refractivity contribution in [2.75, 3.05) is 5.32 Å². The molecule has 0 amide bonds. The van der Waals surface area contributed by atoms with E-state index in [9.17, 15) is 0 Å². The van der Waals surface area contributed by atoms with Crippen LogP contribution in [0.1, 0.15) is 5.56 Å². The molecule has 92 valence electrons. The molecule has 1 aromatic heterocycles. The maximum Gasteiger partial charge on any atom is 0.100 e. The quantitative estimate of drug-likeness (QED) is 0.742. The summed E-state index contributed by atoms with van der Waals surface area (Å²) in [7, 11) is 0. The van der Waals surface area contributed by atoms with Crippen molar-refractivity contribution in [3.05, 3.63) is 51.9 Å². The Labute approximate surface area is 122 Å². The molecule has 0 bridgehead atoms. The van der Waals surface area contributed by atoms with Gasteiger partial charge < -0.3 is 5.32 Å². The van der Waals surface area contributed by atoms with Gasteiger partial charge in [0.15, 0.2) is 0 Å². The second kappa shape index (κ2) is 5.00. The lowest BCUT2D eigenvalue weighted by atomic mass is 10.2. The smallest absolute Gasteiger partial charge is 0.100 e. The number of rotatable bonds is 2. The number of aromatic nitrogens is 1. The van der Waals surface area contributed by atoms with Gasteiger partial charge in [-0.25, -0.2) is 4.98 Å². The lowest BCUT2D eigenvalue weighted by molar-refractivity contribution is 1.45. The number of hydrogen-bond donors (Lipinski definition) is 1. The highest BCUT2D eigenvalue weighted by atomic mass is 79.9.